The number of ether oxygens (including phenoxy) is 1. The van der Waals surface area contributed by atoms with Gasteiger partial charge in [-0.25, -0.2) is 0 Å². The SMILES string of the molecule is CC#C[C@]1(O)C(Cl)=CCC2C3CCC4=CC(=O)CCC4C3C(c3ccc(OC)cc3)C[C@@]21C. The van der Waals surface area contributed by atoms with E-state index in [4.69, 9.17) is 16.3 Å². The average molecular weight is 465 g/mol. The highest BCUT2D eigenvalue weighted by Gasteiger charge is 2.63. The standard InChI is InChI=1S/C29H33ClO3/c1-4-15-29(32)26(30)14-13-25-23-11-7-19-16-20(31)8-12-22(19)27(23)24(17-28(25,29)2)18-5-9-21(33-3)10-6-18/h5-6,9-10,14,16,22-25,27,32H,7-8,11-13,17H2,1-3H3/t22?,23?,24?,25?,27?,28-,29-/m0/s1. The Bertz CT molecular complexity index is 1070. The summed E-state index contributed by atoms with van der Waals surface area (Å²) in [7, 11) is 1.69. The Morgan fingerprint density at radius 2 is 1.91 bits per heavy atom. The molecule has 0 aromatic heterocycles. The summed E-state index contributed by atoms with van der Waals surface area (Å²) in [5, 5.41) is 12.4. The van der Waals surface area contributed by atoms with Crippen molar-refractivity contribution in [2.24, 2.45) is 29.1 Å². The molecule has 0 saturated heterocycles. The van der Waals surface area contributed by atoms with E-state index in [2.05, 4.69) is 30.9 Å². The fourth-order valence-corrected chi connectivity index (χ4v) is 8.08. The third-order valence-corrected chi connectivity index (χ3v) is 9.69. The number of ketones is 1. The molecule has 2 fully saturated rings. The summed E-state index contributed by atoms with van der Waals surface area (Å²) in [6, 6.07) is 8.44. The molecule has 2 saturated carbocycles. The quantitative estimate of drug-likeness (QED) is 0.544. The molecular weight excluding hydrogens is 432 g/mol. The van der Waals surface area contributed by atoms with Crippen LogP contribution in [-0.2, 0) is 4.79 Å². The Hall–Kier alpha value is -2.02. The van der Waals surface area contributed by atoms with E-state index in [1.165, 1.54) is 11.1 Å². The van der Waals surface area contributed by atoms with Crippen molar-refractivity contribution >= 4 is 17.4 Å². The van der Waals surface area contributed by atoms with Gasteiger partial charge in [0, 0.05) is 11.8 Å². The number of allylic oxidation sites excluding steroid dienone is 3. The first-order valence-electron chi connectivity index (χ1n) is 12.2. The summed E-state index contributed by atoms with van der Waals surface area (Å²) >= 11 is 6.69. The molecule has 4 heteroatoms. The zero-order chi connectivity index (χ0) is 23.4. The molecule has 4 aliphatic rings. The summed E-state index contributed by atoms with van der Waals surface area (Å²) in [4.78, 5) is 12.2. The predicted molar refractivity (Wildman–Crippen MR) is 131 cm³/mol. The van der Waals surface area contributed by atoms with Gasteiger partial charge in [-0.1, -0.05) is 48.2 Å². The van der Waals surface area contributed by atoms with Gasteiger partial charge < -0.3 is 9.84 Å². The van der Waals surface area contributed by atoms with E-state index in [0.29, 0.717) is 35.1 Å². The summed E-state index contributed by atoms with van der Waals surface area (Å²) in [6.07, 6.45) is 9.27. The van der Waals surface area contributed by atoms with Crippen LogP contribution in [0.2, 0.25) is 0 Å². The van der Waals surface area contributed by atoms with Gasteiger partial charge in [-0.2, -0.15) is 0 Å². The molecule has 0 amide bonds. The summed E-state index contributed by atoms with van der Waals surface area (Å²) in [5.74, 6) is 9.14. The molecule has 174 valence electrons. The molecule has 0 aliphatic heterocycles. The van der Waals surface area contributed by atoms with Crippen LogP contribution in [0.3, 0.4) is 0 Å². The number of hydrogen-bond acceptors (Lipinski definition) is 3. The minimum atomic E-state index is -1.33. The van der Waals surface area contributed by atoms with E-state index in [9.17, 15) is 9.90 Å². The number of carbonyl (C=O) groups excluding carboxylic acids is 1. The van der Waals surface area contributed by atoms with Crippen LogP contribution in [0.15, 0.2) is 47.0 Å². The van der Waals surface area contributed by atoms with Crippen molar-refractivity contribution in [1.82, 2.24) is 0 Å². The second-order valence-electron chi connectivity index (χ2n) is 10.6. The summed E-state index contributed by atoms with van der Waals surface area (Å²) < 4.78 is 5.42. The summed E-state index contributed by atoms with van der Waals surface area (Å²) in [5.41, 5.74) is 0.851. The maximum Gasteiger partial charge on any atom is 0.166 e. The third kappa shape index (κ3) is 3.41. The van der Waals surface area contributed by atoms with Gasteiger partial charge in [-0.15, -0.1) is 5.92 Å². The van der Waals surface area contributed by atoms with E-state index in [1.54, 1.807) is 14.0 Å². The van der Waals surface area contributed by atoms with Gasteiger partial charge in [-0.05, 0) is 92.4 Å². The van der Waals surface area contributed by atoms with Gasteiger partial charge in [-0.3, -0.25) is 4.79 Å². The van der Waals surface area contributed by atoms with Crippen LogP contribution in [-0.4, -0.2) is 23.6 Å². The molecule has 4 aliphatic carbocycles. The molecular formula is C29H33ClO3. The van der Waals surface area contributed by atoms with E-state index >= 15 is 0 Å². The molecule has 0 heterocycles. The largest absolute Gasteiger partial charge is 0.497 e. The highest BCUT2D eigenvalue weighted by molar-refractivity contribution is 6.31. The number of fused-ring (bicyclic) bond motifs is 5. The van der Waals surface area contributed by atoms with Crippen LogP contribution >= 0.6 is 11.6 Å². The smallest absolute Gasteiger partial charge is 0.166 e. The predicted octanol–water partition coefficient (Wildman–Crippen LogP) is 6.02. The Balaban J connectivity index is 1.65. The van der Waals surface area contributed by atoms with Crippen molar-refractivity contribution < 1.29 is 14.6 Å². The zero-order valence-electron chi connectivity index (χ0n) is 19.7. The number of hydrogen-bond donors (Lipinski definition) is 1. The van der Waals surface area contributed by atoms with Gasteiger partial charge in [0.1, 0.15) is 5.75 Å². The van der Waals surface area contributed by atoms with E-state index < -0.39 is 11.0 Å². The Kier molecular flexibility index (Phi) is 5.74. The molecule has 0 bridgehead atoms. The van der Waals surface area contributed by atoms with Crippen molar-refractivity contribution in [2.75, 3.05) is 7.11 Å². The molecule has 1 aromatic carbocycles. The topological polar surface area (TPSA) is 46.5 Å². The van der Waals surface area contributed by atoms with E-state index in [1.807, 2.05) is 24.3 Å². The first kappa shape index (κ1) is 22.8. The number of methoxy groups -OCH3 is 1. The molecule has 0 spiro atoms. The minimum absolute atomic E-state index is 0.261. The normalized spacial score (nSPS) is 39.7. The average Bonchev–Trinajstić information content (AvgIpc) is 2.81. The van der Waals surface area contributed by atoms with Gasteiger partial charge in [0.25, 0.3) is 0 Å². The highest BCUT2D eigenvalue weighted by atomic mass is 35.5. The van der Waals surface area contributed by atoms with E-state index in [-0.39, 0.29) is 11.7 Å². The Morgan fingerprint density at radius 1 is 1.15 bits per heavy atom. The molecule has 7 atom stereocenters. The monoisotopic (exact) mass is 464 g/mol. The molecule has 0 radical (unpaired) electrons. The molecule has 5 unspecified atom stereocenters. The van der Waals surface area contributed by atoms with Crippen molar-refractivity contribution in [1.29, 1.82) is 0 Å². The maximum absolute atomic E-state index is 12.2. The van der Waals surface area contributed by atoms with Gasteiger partial charge in [0.15, 0.2) is 11.4 Å². The van der Waals surface area contributed by atoms with Crippen molar-refractivity contribution in [3.05, 3.63) is 52.6 Å². The van der Waals surface area contributed by atoms with Crippen LogP contribution in [0.5, 0.6) is 5.75 Å². The number of aliphatic hydroxyl groups is 1. The van der Waals surface area contributed by atoms with Crippen LogP contribution in [0, 0.1) is 40.9 Å². The lowest BCUT2D eigenvalue weighted by atomic mass is 9.43. The third-order valence-electron chi connectivity index (χ3n) is 9.27. The maximum atomic E-state index is 12.2. The molecule has 3 nitrogen and oxygen atoms in total. The molecule has 5 rings (SSSR count). The molecule has 1 aromatic rings. The van der Waals surface area contributed by atoms with E-state index in [0.717, 1.165) is 37.9 Å². The van der Waals surface area contributed by atoms with Crippen LogP contribution in [0.1, 0.15) is 63.9 Å². The Labute approximate surface area is 202 Å². The van der Waals surface area contributed by atoms with Gasteiger partial charge >= 0.3 is 0 Å². The van der Waals surface area contributed by atoms with Crippen LogP contribution in [0.25, 0.3) is 0 Å². The fraction of sp³-hybridized carbons (Fsp3) is 0.552. The number of rotatable bonds is 2. The number of benzene rings is 1. The highest BCUT2D eigenvalue weighted by Crippen LogP contribution is 2.67. The molecule has 1 N–H and O–H groups in total. The van der Waals surface area contributed by atoms with Gasteiger partial charge in [0.05, 0.1) is 12.1 Å². The van der Waals surface area contributed by atoms with Crippen molar-refractivity contribution in [3.8, 4) is 17.6 Å². The summed E-state index contributed by atoms with van der Waals surface area (Å²) in [6.45, 7) is 3.98. The first-order chi connectivity index (χ1) is 15.8. The second kappa shape index (κ2) is 8.33. The fourth-order valence-electron chi connectivity index (χ4n) is 7.73. The zero-order valence-corrected chi connectivity index (χ0v) is 20.5. The minimum Gasteiger partial charge on any atom is -0.497 e. The molecule has 33 heavy (non-hydrogen) atoms. The van der Waals surface area contributed by atoms with Gasteiger partial charge in [0.2, 0.25) is 0 Å². The van der Waals surface area contributed by atoms with Crippen molar-refractivity contribution in [2.45, 2.75) is 63.9 Å². The number of halogens is 1. The van der Waals surface area contributed by atoms with Crippen molar-refractivity contribution in [3.63, 3.8) is 0 Å². The lowest BCUT2D eigenvalue weighted by molar-refractivity contribution is -0.125. The Morgan fingerprint density at radius 3 is 2.61 bits per heavy atom. The second-order valence-corrected chi connectivity index (χ2v) is 11.0. The lowest BCUT2D eigenvalue weighted by Crippen LogP contribution is -2.60. The van der Waals surface area contributed by atoms with Crippen LogP contribution < -0.4 is 4.74 Å². The first-order valence-corrected chi connectivity index (χ1v) is 12.6. The van der Waals surface area contributed by atoms with Crippen LogP contribution in [0.4, 0.5) is 0 Å². The number of carbonyl (C=O) groups is 1. The lowest BCUT2D eigenvalue weighted by Gasteiger charge is -2.62.